The molecular weight excluding hydrogens is 254 g/mol. The second-order valence-corrected chi connectivity index (χ2v) is 5.41. The normalized spacial score (nSPS) is 18.6. The van der Waals surface area contributed by atoms with Crippen molar-refractivity contribution in [3.05, 3.63) is 23.0 Å². The fourth-order valence-corrected chi connectivity index (χ4v) is 2.89. The topological polar surface area (TPSA) is 77.2 Å². The Morgan fingerprint density at radius 1 is 1.60 bits per heavy atom. The molecule has 2 rings (SSSR count). The maximum atomic E-state index is 10.9. The van der Waals surface area contributed by atoms with Gasteiger partial charge in [-0.25, -0.2) is 0 Å². The molecule has 0 aliphatic carbocycles. The summed E-state index contributed by atoms with van der Waals surface area (Å²) in [7, 11) is 0. The SMILES string of the molecule is Cc1cc(N2CCCC(CC(=O)O)C2)c(C#N)c(C)n1. The van der Waals surface area contributed by atoms with E-state index in [1.807, 2.05) is 19.9 Å². The number of nitriles is 1. The molecule has 0 amide bonds. The molecule has 1 fully saturated rings. The van der Waals surface area contributed by atoms with Crippen molar-refractivity contribution in [1.82, 2.24) is 4.98 Å². The molecule has 1 aliphatic heterocycles. The smallest absolute Gasteiger partial charge is 0.303 e. The van der Waals surface area contributed by atoms with Crippen molar-refractivity contribution in [3.63, 3.8) is 0 Å². The second kappa shape index (κ2) is 5.91. The minimum atomic E-state index is -0.751. The van der Waals surface area contributed by atoms with E-state index in [0.717, 1.165) is 36.5 Å². The highest BCUT2D eigenvalue weighted by Crippen LogP contribution is 2.29. The summed E-state index contributed by atoms with van der Waals surface area (Å²) in [5, 5.41) is 18.3. The van der Waals surface area contributed by atoms with Crippen LogP contribution in [0.4, 0.5) is 5.69 Å². The molecule has 0 bridgehead atoms. The van der Waals surface area contributed by atoms with Crippen molar-refractivity contribution >= 4 is 11.7 Å². The third-order valence-corrected chi connectivity index (χ3v) is 3.74. The largest absolute Gasteiger partial charge is 0.481 e. The number of aliphatic carboxylic acids is 1. The number of carboxylic acids is 1. The fraction of sp³-hybridized carbons (Fsp3) is 0.533. The summed E-state index contributed by atoms with van der Waals surface area (Å²) in [6.45, 7) is 5.32. The lowest BCUT2D eigenvalue weighted by Gasteiger charge is -2.34. The molecule has 2 heterocycles. The minimum Gasteiger partial charge on any atom is -0.481 e. The van der Waals surface area contributed by atoms with Crippen molar-refractivity contribution in [1.29, 1.82) is 5.26 Å². The maximum Gasteiger partial charge on any atom is 0.303 e. The molecule has 1 atom stereocenters. The number of aryl methyl sites for hydroxylation is 2. The van der Waals surface area contributed by atoms with Gasteiger partial charge in [0.05, 0.1) is 16.9 Å². The van der Waals surface area contributed by atoms with Crippen LogP contribution in [0.3, 0.4) is 0 Å². The van der Waals surface area contributed by atoms with Crippen LogP contribution in [0.5, 0.6) is 0 Å². The predicted molar refractivity (Wildman–Crippen MR) is 75.6 cm³/mol. The average Bonchev–Trinajstić information content (AvgIpc) is 2.37. The van der Waals surface area contributed by atoms with Crippen molar-refractivity contribution in [3.8, 4) is 6.07 Å². The molecule has 0 radical (unpaired) electrons. The Balaban J connectivity index is 2.27. The minimum absolute atomic E-state index is 0.154. The lowest BCUT2D eigenvalue weighted by atomic mass is 9.94. The lowest BCUT2D eigenvalue weighted by molar-refractivity contribution is -0.138. The maximum absolute atomic E-state index is 10.9. The number of pyridine rings is 1. The van der Waals surface area contributed by atoms with Crippen LogP contribution in [-0.2, 0) is 4.79 Å². The van der Waals surface area contributed by atoms with Crippen molar-refractivity contribution in [2.75, 3.05) is 18.0 Å². The van der Waals surface area contributed by atoms with Gasteiger partial charge in [-0.15, -0.1) is 0 Å². The zero-order valence-electron chi connectivity index (χ0n) is 11.9. The first-order valence-electron chi connectivity index (χ1n) is 6.86. The van der Waals surface area contributed by atoms with Crippen molar-refractivity contribution < 1.29 is 9.90 Å². The lowest BCUT2D eigenvalue weighted by Crippen LogP contribution is -2.37. The zero-order valence-corrected chi connectivity index (χ0v) is 11.9. The Labute approximate surface area is 118 Å². The van der Waals surface area contributed by atoms with Gasteiger partial charge in [0.15, 0.2) is 0 Å². The van der Waals surface area contributed by atoms with Crippen LogP contribution in [0, 0.1) is 31.1 Å². The molecule has 20 heavy (non-hydrogen) atoms. The van der Waals surface area contributed by atoms with Gasteiger partial charge >= 0.3 is 5.97 Å². The van der Waals surface area contributed by atoms with E-state index in [1.54, 1.807) is 0 Å². The Bertz CT molecular complexity index is 563. The van der Waals surface area contributed by atoms with Gasteiger partial charge in [0, 0.05) is 25.2 Å². The Hall–Kier alpha value is -2.09. The third kappa shape index (κ3) is 3.08. The molecule has 5 nitrogen and oxygen atoms in total. The van der Waals surface area contributed by atoms with Gasteiger partial charge in [0.1, 0.15) is 6.07 Å². The first kappa shape index (κ1) is 14.3. The van der Waals surface area contributed by atoms with Gasteiger partial charge in [0.25, 0.3) is 0 Å². The summed E-state index contributed by atoms with van der Waals surface area (Å²) in [6.07, 6.45) is 2.10. The quantitative estimate of drug-likeness (QED) is 0.914. The molecule has 1 saturated heterocycles. The van der Waals surface area contributed by atoms with E-state index in [0.29, 0.717) is 12.1 Å². The molecule has 106 valence electrons. The van der Waals surface area contributed by atoms with Gasteiger partial charge in [-0.3, -0.25) is 9.78 Å². The predicted octanol–water partition coefficient (Wildman–Crippen LogP) is 2.26. The molecule has 1 aromatic rings. The van der Waals surface area contributed by atoms with E-state index in [-0.39, 0.29) is 12.3 Å². The molecule has 1 N–H and O–H groups in total. The standard InChI is InChI=1S/C15H19N3O2/c1-10-6-14(13(8-16)11(2)17-10)18-5-3-4-12(9-18)7-15(19)20/h6,12H,3-5,7,9H2,1-2H3,(H,19,20). The molecule has 5 heteroatoms. The monoisotopic (exact) mass is 273 g/mol. The number of hydrogen-bond acceptors (Lipinski definition) is 4. The Kier molecular flexibility index (Phi) is 4.23. The van der Waals surface area contributed by atoms with E-state index < -0.39 is 5.97 Å². The van der Waals surface area contributed by atoms with Crippen LogP contribution in [-0.4, -0.2) is 29.1 Å². The highest BCUT2D eigenvalue weighted by Gasteiger charge is 2.24. The molecule has 1 aliphatic rings. The number of carbonyl (C=O) groups is 1. The molecule has 0 spiro atoms. The zero-order chi connectivity index (χ0) is 14.7. The van der Waals surface area contributed by atoms with Gasteiger partial charge in [0.2, 0.25) is 0 Å². The van der Waals surface area contributed by atoms with Gasteiger partial charge in [-0.05, 0) is 38.7 Å². The summed E-state index contributed by atoms with van der Waals surface area (Å²) < 4.78 is 0. The first-order valence-corrected chi connectivity index (χ1v) is 6.86. The van der Waals surface area contributed by atoms with E-state index in [9.17, 15) is 10.1 Å². The van der Waals surface area contributed by atoms with Gasteiger partial charge in [-0.1, -0.05) is 0 Å². The second-order valence-electron chi connectivity index (χ2n) is 5.41. The number of anilines is 1. The molecule has 0 saturated carbocycles. The Morgan fingerprint density at radius 2 is 2.35 bits per heavy atom. The van der Waals surface area contributed by atoms with Crippen molar-refractivity contribution in [2.45, 2.75) is 33.1 Å². The van der Waals surface area contributed by atoms with Crippen LogP contribution in [0.1, 0.15) is 36.2 Å². The third-order valence-electron chi connectivity index (χ3n) is 3.74. The van der Waals surface area contributed by atoms with Crippen LogP contribution in [0.15, 0.2) is 6.07 Å². The van der Waals surface area contributed by atoms with E-state index >= 15 is 0 Å². The summed E-state index contributed by atoms with van der Waals surface area (Å²) in [6, 6.07) is 4.15. The van der Waals surface area contributed by atoms with Gasteiger partial charge in [-0.2, -0.15) is 5.26 Å². The molecule has 1 aromatic heterocycles. The molecular formula is C15H19N3O2. The van der Waals surface area contributed by atoms with Crippen LogP contribution >= 0.6 is 0 Å². The van der Waals surface area contributed by atoms with Gasteiger partial charge < -0.3 is 10.0 Å². The highest BCUT2D eigenvalue weighted by molar-refractivity contribution is 5.67. The van der Waals surface area contributed by atoms with Crippen molar-refractivity contribution in [2.24, 2.45) is 5.92 Å². The first-order chi connectivity index (χ1) is 9.51. The van der Waals surface area contributed by atoms with Crippen LogP contribution in [0.2, 0.25) is 0 Å². The number of aromatic nitrogens is 1. The summed E-state index contributed by atoms with van der Waals surface area (Å²) in [5.41, 5.74) is 3.12. The highest BCUT2D eigenvalue weighted by atomic mass is 16.4. The van der Waals surface area contributed by atoms with E-state index in [1.165, 1.54) is 0 Å². The average molecular weight is 273 g/mol. The number of hydrogen-bond donors (Lipinski definition) is 1. The number of carboxylic acid groups (broad SMARTS) is 1. The summed E-state index contributed by atoms with van der Waals surface area (Å²) >= 11 is 0. The fourth-order valence-electron chi connectivity index (χ4n) is 2.89. The summed E-state index contributed by atoms with van der Waals surface area (Å²) in [5.74, 6) is -0.596. The molecule has 0 aromatic carbocycles. The van der Waals surface area contributed by atoms with Crippen LogP contribution < -0.4 is 4.90 Å². The number of piperidine rings is 1. The van der Waals surface area contributed by atoms with E-state index in [2.05, 4.69) is 16.0 Å². The number of rotatable bonds is 3. The molecule has 1 unspecified atom stereocenters. The Morgan fingerprint density at radius 3 is 3.00 bits per heavy atom. The van der Waals surface area contributed by atoms with E-state index in [4.69, 9.17) is 5.11 Å². The number of nitrogens with zero attached hydrogens (tertiary/aromatic N) is 3. The van der Waals surface area contributed by atoms with Crippen LogP contribution in [0.25, 0.3) is 0 Å². The summed E-state index contributed by atoms with van der Waals surface area (Å²) in [4.78, 5) is 17.3.